The molecule has 0 aromatic rings. The van der Waals surface area contributed by atoms with Crippen molar-refractivity contribution in [1.82, 2.24) is 15.1 Å². The highest BCUT2D eigenvalue weighted by atomic mass is 16.4. The van der Waals surface area contributed by atoms with E-state index in [4.69, 9.17) is 5.11 Å². The van der Waals surface area contributed by atoms with Crippen molar-refractivity contribution in [3.63, 3.8) is 0 Å². The maximum atomic E-state index is 11.6. The summed E-state index contributed by atoms with van der Waals surface area (Å²) in [5.41, 5.74) is 0. The molecular formula is C10H19N3O3. The molecule has 0 aromatic heterocycles. The van der Waals surface area contributed by atoms with Crippen LogP contribution in [0.25, 0.3) is 0 Å². The third-order valence-electron chi connectivity index (χ3n) is 2.86. The fourth-order valence-corrected chi connectivity index (χ4v) is 1.90. The topological polar surface area (TPSA) is 72.9 Å². The number of urea groups is 1. The molecule has 1 fully saturated rings. The zero-order valence-electron chi connectivity index (χ0n) is 9.77. The number of carbonyl (C=O) groups is 2. The maximum Gasteiger partial charge on any atom is 0.323 e. The summed E-state index contributed by atoms with van der Waals surface area (Å²) < 4.78 is 0. The average Bonchev–Trinajstić information content (AvgIpc) is 2.24. The molecule has 1 heterocycles. The van der Waals surface area contributed by atoms with Crippen molar-refractivity contribution in [1.29, 1.82) is 0 Å². The van der Waals surface area contributed by atoms with E-state index in [1.165, 1.54) is 0 Å². The highest BCUT2D eigenvalue weighted by Crippen LogP contribution is 2.13. The van der Waals surface area contributed by atoms with Crippen LogP contribution in [-0.4, -0.2) is 66.7 Å². The number of carboxylic acids is 1. The van der Waals surface area contributed by atoms with Crippen LogP contribution in [0.4, 0.5) is 4.79 Å². The third-order valence-corrected chi connectivity index (χ3v) is 2.86. The Labute approximate surface area is 95.2 Å². The van der Waals surface area contributed by atoms with Crippen molar-refractivity contribution < 1.29 is 14.7 Å². The first-order valence-electron chi connectivity index (χ1n) is 5.41. The molecule has 0 saturated carbocycles. The van der Waals surface area contributed by atoms with E-state index in [9.17, 15) is 9.59 Å². The fraction of sp³-hybridized carbons (Fsp3) is 0.800. The van der Waals surface area contributed by atoms with Gasteiger partial charge in [0, 0.05) is 19.6 Å². The first-order chi connectivity index (χ1) is 7.50. The highest BCUT2D eigenvalue weighted by Gasteiger charge is 2.24. The van der Waals surface area contributed by atoms with Crippen LogP contribution in [-0.2, 0) is 4.79 Å². The second-order valence-corrected chi connectivity index (χ2v) is 4.22. The summed E-state index contributed by atoms with van der Waals surface area (Å²) in [6, 6.07) is -0.143. The molecule has 0 aliphatic carbocycles. The molecule has 1 atom stereocenters. The summed E-state index contributed by atoms with van der Waals surface area (Å²) in [6.07, 6.45) is 2.04. The lowest BCUT2D eigenvalue weighted by atomic mass is 10.1. The Morgan fingerprint density at radius 1 is 1.56 bits per heavy atom. The van der Waals surface area contributed by atoms with E-state index >= 15 is 0 Å². The van der Waals surface area contributed by atoms with Crippen LogP contribution in [0.2, 0.25) is 0 Å². The molecule has 0 aromatic carbocycles. The fourth-order valence-electron chi connectivity index (χ4n) is 1.90. The lowest BCUT2D eigenvalue weighted by Gasteiger charge is -2.35. The van der Waals surface area contributed by atoms with Crippen molar-refractivity contribution >= 4 is 12.0 Å². The van der Waals surface area contributed by atoms with Crippen LogP contribution in [0.1, 0.15) is 12.8 Å². The van der Waals surface area contributed by atoms with Crippen LogP contribution in [0.15, 0.2) is 0 Å². The standard InChI is InChI=1S/C10H19N3O3/c1-12-5-3-4-8(7-12)13(2)10(16)11-6-9(14)15/h8H,3-7H2,1-2H3,(H,11,16)(H,14,15). The van der Waals surface area contributed by atoms with E-state index < -0.39 is 5.97 Å². The number of hydrogen-bond donors (Lipinski definition) is 2. The van der Waals surface area contributed by atoms with Gasteiger partial charge in [0.25, 0.3) is 0 Å². The van der Waals surface area contributed by atoms with E-state index in [2.05, 4.69) is 10.2 Å². The molecule has 1 rings (SSSR count). The van der Waals surface area contributed by atoms with Crippen molar-refractivity contribution in [2.75, 3.05) is 33.7 Å². The molecule has 2 amide bonds. The Morgan fingerprint density at radius 2 is 2.25 bits per heavy atom. The van der Waals surface area contributed by atoms with Gasteiger partial charge in [-0.1, -0.05) is 0 Å². The van der Waals surface area contributed by atoms with Gasteiger partial charge in [-0.05, 0) is 26.4 Å². The molecule has 0 radical (unpaired) electrons. The van der Waals surface area contributed by atoms with Crippen molar-refractivity contribution in [2.45, 2.75) is 18.9 Å². The number of nitrogens with zero attached hydrogens (tertiary/aromatic N) is 2. The van der Waals surface area contributed by atoms with E-state index in [1.807, 2.05) is 7.05 Å². The molecule has 6 heteroatoms. The normalized spacial score (nSPS) is 21.5. The SMILES string of the molecule is CN1CCCC(N(C)C(=O)NCC(=O)O)C1. The van der Waals surface area contributed by atoms with Crippen molar-refractivity contribution in [3.05, 3.63) is 0 Å². The zero-order valence-corrected chi connectivity index (χ0v) is 9.77. The third kappa shape index (κ3) is 3.69. The van der Waals surface area contributed by atoms with E-state index in [0.29, 0.717) is 0 Å². The van der Waals surface area contributed by atoms with Gasteiger partial charge in [-0.15, -0.1) is 0 Å². The molecule has 1 saturated heterocycles. The van der Waals surface area contributed by atoms with Crippen LogP contribution >= 0.6 is 0 Å². The highest BCUT2D eigenvalue weighted by molar-refractivity contribution is 5.79. The van der Waals surface area contributed by atoms with Crippen molar-refractivity contribution in [3.8, 4) is 0 Å². The van der Waals surface area contributed by atoms with E-state index in [1.54, 1.807) is 11.9 Å². The van der Waals surface area contributed by atoms with Gasteiger partial charge < -0.3 is 20.2 Å². The summed E-state index contributed by atoms with van der Waals surface area (Å²) in [5.74, 6) is -1.03. The predicted molar refractivity (Wildman–Crippen MR) is 59.3 cm³/mol. The van der Waals surface area contributed by atoms with Gasteiger partial charge in [0.15, 0.2) is 0 Å². The second kappa shape index (κ2) is 5.69. The summed E-state index contributed by atoms with van der Waals surface area (Å²) in [7, 11) is 3.73. The smallest absolute Gasteiger partial charge is 0.323 e. The minimum atomic E-state index is -1.03. The molecule has 0 spiro atoms. The lowest BCUT2D eigenvalue weighted by Crippen LogP contribution is -2.51. The lowest BCUT2D eigenvalue weighted by molar-refractivity contribution is -0.135. The van der Waals surface area contributed by atoms with Crippen LogP contribution < -0.4 is 5.32 Å². The van der Waals surface area contributed by atoms with E-state index in [-0.39, 0.29) is 18.6 Å². The number of hydrogen-bond acceptors (Lipinski definition) is 3. The molecule has 1 aliphatic rings. The van der Waals surface area contributed by atoms with Crippen LogP contribution in [0, 0.1) is 0 Å². The number of nitrogens with one attached hydrogen (secondary N) is 1. The second-order valence-electron chi connectivity index (χ2n) is 4.22. The predicted octanol–water partition coefficient (Wildman–Crippen LogP) is -0.193. The molecule has 6 nitrogen and oxygen atoms in total. The van der Waals surface area contributed by atoms with Gasteiger partial charge in [-0.25, -0.2) is 4.79 Å². The molecule has 1 unspecified atom stereocenters. The van der Waals surface area contributed by atoms with Gasteiger partial charge in [0.2, 0.25) is 0 Å². The summed E-state index contributed by atoms with van der Waals surface area (Å²) in [6.45, 7) is 1.57. The minimum absolute atomic E-state index is 0.174. The summed E-state index contributed by atoms with van der Waals surface area (Å²) in [5, 5.41) is 10.8. The Morgan fingerprint density at radius 3 is 2.81 bits per heavy atom. The van der Waals surface area contributed by atoms with Gasteiger partial charge in [0.1, 0.15) is 6.54 Å². The molecular weight excluding hydrogens is 210 g/mol. The summed E-state index contributed by atoms with van der Waals surface area (Å²) in [4.78, 5) is 25.7. The van der Waals surface area contributed by atoms with Crippen LogP contribution in [0.3, 0.4) is 0 Å². The quantitative estimate of drug-likeness (QED) is 0.703. The maximum absolute atomic E-state index is 11.6. The minimum Gasteiger partial charge on any atom is -0.480 e. The van der Waals surface area contributed by atoms with Gasteiger partial charge >= 0.3 is 12.0 Å². The number of carbonyl (C=O) groups excluding carboxylic acids is 1. The number of amides is 2. The molecule has 2 N–H and O–H groups in total. The van der Waals surface area contributed by atoms with Gasteiger partial charge in [0.05, 0.1) is 0 Å². The zero-order chi connectivity index (χ0) is 12.1. The van der Waals surface area contributed by atoms with Gasteiger partial charge in [-0.3, -0.25) is 4.79 Å². The Bertz CT molecular complexity index is 270. The van der Waals surface area contributed by atoms with E-state index in [0.717, 1.165) is 25.9 Å². The number of piperidine rings is 1. The first kappa shape index (κ1) is 12.8. The number of carboxylic acid groups (broad SMARTS) is 1. The monoisotopic (exact) mass is 229 g/mol. The molecule has 92 valence electrons. The first-order valence-corrected chi connectivity index (χ1v) is 5.41. The van der Waals surface area contributed by atoms with Crippen molar-refractivity contribution in [2.24, 2.45) is 0 Å². The largest absolute Gasteiger partial charge is 0.480 e. The summed E-state index contributed by atoms with van der Waals surface area (Å²) >= 11 is 0. The Hall–Kier alpha value is -1.30. The molecule has 0 bridgehead atoms. The molecule has 1 aliphatic heterocycles. The molecule has 16 heavy (non-hydrogen) atoms. The Balaban J connectivity index is 2.39. The number of aliphatic carboxylic acids is 1. The average molecular weight is 229 g/mol. The van der Waals surface area contributed by atoms with Gasteiger partial charge in [-0.2, -0.15) is 0 Å². The number of likely N-dealkylation sites (N-methyl/N-ethyl adjacent to an activating group) is 2. The number of likely N-dealkylation sites (tertiary alicyclic amines) is 1. The van der Waals surface area contributed by atoms with Crippen LogP contribution in [0.5, 0.6) is 0 Å². The Kier molecular flexibility index (Phi) is 4.54. The number of rotatable bonds is 3.